The van der Waals surface area contributed by atoms with Gasteiger partial charge in [0.1, 0.15) is 0 Å². The van der Waals surface area contributed by atoms with Gasteiger partial charge in [0.05, 0.1) is 5.41 Å². The fourth-order valence-electron chi connectivity index (χ4n) is 10.8. The molecule has 3 nitrogen and oxygen atoms in total. The lowest BCUT2D eigenvalue weighted by atomic mass is 9.67. The maximum Gasteiger partial charge on any atom is 0.164 e. The van der Waals surface area contributed by atoms with E-state index in [1.165, 1.54) is 61.2 Å². The first-order valence-electron chi connectivity index (χ1n) is 21.8. The zero-order valence-electron chi connectivity index (χ0n) is 35.7. The van der Waals surface area contributed by atoms with E-state index in [2.05, 4.69) is 211 Å². The number of rotatable bonds is 3. The fraction of sp³-hybridized carbons (Fsp3) is 0.136. The van der Waals surface area contributed by atoms with Crippen molar-refractivity contribution in [2.45, 2.75) is 50.9 Å². The van der Waals surface area contributed by atoms with Crippen LogP contribution in [-0.2, 0) is 16.2 Å². The van der Waals surface area contributed by atoms with E-state index >= 15 is 0 Å². The van der Waals surface area contributed by atoms with Gasteiger partial charge in [-0.3, -0.25) is 0 Å². The third-order valence-electron chi connectivity index (χ3n) is 13.9. The van der Waals surface area contributed by atoms with E-state index in [-0.39, 0.29) is 5.41 Å². The van der Waals surface area contributed by atoms with Crippen molar-refractivity contribution in [1.29, 1.82) is 0 Å². The Hall–Kier alpha value is -7.23. The summed E-state index contributed by atoms with van der Waals surface area (Å²) in [5.41, 5.74) is 20.5. The maximum atomic E-state index is 5.56. The van der Waals surface area contributed by atoms with Crippen molar-refractivity contribution >= 4 is 0 Å². The summed E-state index contributed by atoms with van der Waals surface area (Å²) in [4.78, 5) is 16.3. The van der Waals surface area contributed by atoms with E-state index in [1.807, 2.05) is 6.07 Å². The van der Waals surface area contributed by atoms with Crippen LogP contribution >= 0.6 is 0 Å². The second kappa shape index (κ2) is 13.1. The SMILES string of the molecule is CC(C)(C)c1ccc2c(c1)C13c4ccccc4-c4ccc(cc41)-c1nc(-c4ccccc4)nc(n1)-c1cc(-c4ccccc4)cc(-c4ccccc4)c1C(C)(C)c1ccc-2c3c1. The first-order chi connectivity index (χ1) is 30.1. The van der Waals surface area contributed by atoms with Gasteiger partial charge < -0.3 is 0 Å². The molecule has 62 heavy (non-hydrogen) atoms. The lowest BCUT2D eigenvalue weighted by Gasteiger charge is -2.35. The van der Waals surface area contributed by atoms with Crippen molar-refractivity contribution in [3.63, 3.8) is 0 Å². The van der Waals surface area contributed by atoms with Gasteiger partial charge in [-0.1, -0.05) is 198 Å². The third-order valence-corrected chi connectivity index (χ3v) is 13.9. The van der Waals surface area contributed by atoms with Gasteiger partial charge in [0.15, 0.2) is 17.5 Å². The normalized spacial score (nSPS) is 16.0. The molecule has 0 fully saturated rings. The number of aromatic nitrogens is 3. The molecule has 3 heteroatoms. The first-order valence-corrected chi connectivity index (χ1v) is 21.8. The number of nitrogens with zero attached hydrogens (tertiary/aromatic N) is 3. The summed E-state index contributed by atoms with van der Waals surface area (Å²) in [6, 6.07) is 67.2. The van der Waals surface area contributed by atoms with E-state index in [4.69, 9.17) is 15.0 Å². The molecule has 12 rings (SSSR count). The van der Waals surface area contributed by atoms with E-state index in [0.29, 0.717) is 17.5 Å². The highest BCUT2D eigenvalue weighted by atomic mass is 15.0. The largest absolute Gasteiger partial charge is 0.208 e. The minimum Gasteiger partial charge on any atom is -0.208 e. The van der Waals surface area contributed by atoms with Gasteiger partial charge in [-0.25, -0.2) is 15.0 Å². The highest BCUT2D eigenvalue weighted by Crippen LogP contribution is 2.64. The van der Waals surface area contributed by atoms with Crippen molar-refractivity contribution < 1.29 is 0 Å². The number of hydrogen-bond donors (Lipinski definition) is 0. The van der Waals surface area contributed by atoms with E-state index < -0.39 is 10.8 Å². The van der Waals surface area contributed by atoms with Crippen molar-refractivity contribution in [2.75, 3.05) is 0 Å². The van der Waals surface area contributed by atoms with Crippen LogP contribution in [0.25, 0.3) is 78.7 Å². The Morgan fingerprint density at radius 3 is 1.56 bits per heavy atom. The molecule has 0 N–H and O–H groups in total. The summed E-state index contributed by atoms with van der Waals surface area (Å²) in [6.07, 6.45) is 0. The topological polar surface area (TPSA) is 38.7 Å². The van der Waals surface area contributed by atoms with Crippen molar-refractivity contribution in [1.82, 2.24) is 15.0 Å². The molecule has 8 aromatic carbocycles. The molecule has 1 aliphatic heterocycles. The standard InChI is InChI=1S/C59H45N3/c1-57(2,3)41-26-29-45-46-30-27-42-35-52(46)59(51(45)34-41)49-24-16-15-23-43(49)44-28-25-39(33-50(44)59)55-60-54(38-21-13-8-14-22-38)61-56(62-55)48-32-40(36-17-9-6-10-18-36)31-47(53(48)58(42,4)5)37-19-11-7-12-20-37/h6-35H,1-5H3. The maximum absolute atomic E-state index is 5.56. The molecule has 0 radical (unpaired) electrons. The van der Waals surface area contributed by atoms with Crippen LogP contribution in [0.2, 0.25) is 0 Å². The quantitative estimate of drug-likeness (QED) is 0.179. The van der Waals surface area contributed by atoms with Crippen LogP contribution in [-0.4, -0.2) is 15.0 Å². The molecule has 1 aromatic heterocycles. The molecule has 1 spiro atoms. The zero-order chi connectivity index (χ0) is 42.0. The first kappa shape index (κ1) is 36.6. The number of fused-ring (bicyclic) bond motifs is 11. The van der Waals surface area contributed by atoms with Gasteiger partial charge in [0, 0.05) is 22.1 Å². The van der Waals surface area contributed by atoms with Crippen LogP contribution in [0.1, 0.15) is 73.6 Å². The molecule has 9 aromatic rings. The van der Waals surface area contributed by atoms with Gasteiger partial charge >= 0.3 is 0 Å². The average Bonchev–Trinajstić information content (AvgIpc) is 3.77. The predicted octanol–water partition coefficient (Wildman–Crippen LogP) is 14.5. The van der Waals surface area contributed by atoms with Crippen molar-refractivity contribution in [3.8, 4) is 78.7 Å². The van der Waals surface area contributed by atoms with Crippen LogP contribution in [0.5, 0.6) is 0 Å². The van der Waals surface area contributed by atoms with E-state index in [9.17, 15) is 0 Å². The fourth-order valence-corrected chi connectivity index (χ4v) is 10.8. The van der Waals surface area contributed by atoms with Gasteiger partial charge in [-0.2, -0.15) is 0 Å². The highest BCUT2D eigenvalue weighted by molar-refractivity contribution is 5.97. The lowest BCUT2D eigenvalue weighted by Crippen LogP contribution is -2.28. The minimum atomic E-state index is -0.561. The second-order valence-corrected chi connectivity index (χ2v) is 18.8. The lowest BCUT2D eigenvalue weighted by molar-refractivity contribution is 0.588. The van der Waals surface area contributed by atoms with Crippen LogP contribution in [0.15, 0.2) is 182 Å². The third kappa shape index (κ3) is 5.21. The molecule has 3 aliphatic rings. The second-order valence-electron chi connectivity index (χ2n) is 18.8. The molecular formula is C59H45N3. The Bertz CT molecular complexity index is 3290. The summed E-state index contributed by atoms with van der Waals surface area (Å²) >= 11 is 0. The molecule has 2 aliphatic carbocycles. The molecule has 1 atom stereocenters. The molecule has 6 bridgehead atoms. The highest BCUT2D eigenvalue weighted by Gasteiger charge is 2.52. The minimum absolute atomic E-state index is 0.0367. The van der Waals surface area contributed by atoms with E-state index in [0.717, 1.165) is 38.9 Å². The zero-order valence-corrected chi connectivity index (χ0v) is 35.7. The Balaban J connectivity index is 1.27. The average molecular weight is 796 g/mol. The summed E-state index contributed by atoms with van der Waals surface area (Å²) in [6.45, 7) is 11.7. The molecule has 0 amide bonds. The van der Waals surface area contributed by atoms with Gasteiger partial charge in [0.2, 0.25) is 0 Å². The van der Waals surface area contributed by atoms with E-state index in [1.54, 1.807) is 0 Å². The summed E-state index contributed by atoms with van der Waals surface area (Å²) < 4.78 is 0. The Labute approximate surface area is 363 Å². The molecule has 0 saturated carbocycles. The molecule has 0 saturated heterocycles. The van der Waals surface area contributed by atoms with Crippen molar-refractivity contribution in [3.05, 3.63) is 221 Å². The Kier molecular flexibility index (Phi) is 7.76. The van der Waals surface area contributed by atoms with Crippen LogP contribution in [0, 0.1) is 0 Å². The van der Waals surface area contributed by atoms with Crippen molar-refractivity contribution in [2.24, 2.45) is 0 Å². The monoisotopic (exact) mass is 795 g/mol. The van der Waals surface area contributed by atoms with Gasteiger partial charge in [0.25, 0.3) is 0 Å². The number of hydrogen-bond acceptors (Lipinski definition) is 3. The molecule has 1 unspecified atom stereocenters. The van der Waals surface area contributed by atoms with Gasteiger partial charge in [-0.05, 0) is 107 Å². The number of benzene rings is 8. The molecule has 2 heterocycles. The van der Waals surface area contributed by atoms with Crippen LogP contribution in [0.4, 0.5) is 0 Å². The van der Waals surface area contributed by atoms with Gasteiger partial charge in [-0.15, -0.1) is 0 Å². The molecular weight excluding hydrogens is 751 g/mol. The Morgan fingerprint density at radius 2 is 0.871 bits per heavy atom. The summed E-state index contributed by atoms with van der Waals surface area (Å²) in [5, 5.41) is 0. The van der Waals surface area contributed by atoms with Crippen LogP contribution in [0.3, 0.4) is 0 Å². The molecule has 296 valence electrons. The van der Waals surface area contributed by atoms with Crippen LogP contribution < -0.4 is 0 Å². The summed E-state index contributed by atoms with van der Waals surface area (Å²) in [7, 11) is 0. The predicted molar refractivity (Wildman–Crippen MR) is 254 cm³/mol. The Morgan fingerprint density at radius 1 is 0.355 bits per heavy atom. The smallest absolute Gasteiger partial charge is 0.164 e. The summed E-state index contributed by atoms with van der Waals surface area (Å²) in [5.74, 6) is 1.97.